The Balaban J connectivity index is 1.80. The van der Waals surface area contributed by atoms with Crippen LogP contribution < -0.4 is 5.73 Å². The molecule has 154 valence electrons. The average Bonchev–Trinajstić information content (AvgIpc) is 3.22. The molecular weight excluding hydrogens is 422 g/mol. The first-order valence-electron chi connectivity index (χ1n) is 9.79. The third-order valence-electron chi connectivity index (χ3n) is 5.15. The number of nitrogens with two attached hydrogens (primary N) is 1. The predicted molar refractivity (Wildman–Crippen MR) is 124 cm³/mol. The van der Waals surface area contributed by atoms with Gasteiger partial charge in [-0.15, -0.1) is 11.6 Å². The van der Waals surface area contributed by atoms with E-state index in [9.17, 15) is 5.26 Å². The Labute approximate surface area is 188 Å². The first kappa shape index (κ1) is 19.7. The Hall–Kier alpha value is -4.28. The van der Waals surface area contributed by atoms with Crippen molar-refractivity contribution in [3.63, 3.8) is 0 Å². The molecule has 0 saturated carbocycles. The van der Waals surface area contributed by atoms with Crippen molar-refractivity contribution in [2.24, 2.45) is 0 Å². The smallest absolute Gasteiger partial charge is 0.165 e. The molecule has 0 fully saturated rings. The van der Waals surface area contributed by atoms with Crippen molar-refractivity contribution in [3.05, 3.63) is 84.3 Å². The third-order valence-corrected chi connectivity index (χ3v) is 5.46. The van der Waals surface area contributed by atoms with E-state index in [0.717, 1.165) is 11.3 Å². The van der Waals surface area contributed by atoms with Crippen molar-refractivity contribution < 1.29 is 0 Å². The van der Waals surface area contributed by atoms with Gasteiger partial charge < -0.3 is 5.73 Å². The van der Waals surface area contributed by atoms with Gasteiger partial charge in [0.2, 0.25) is 0 Å². The molecule has 4 heterocycles. The zero-order valence-corrected chi connectivity index (χ0v) is 17.5. The van der Waals surface area contributed by atoms with Gasteiger partial charge in [0, 0.05) is 35.7 Å². The normalized spacial score (nSPS) is 10.9. The summed E-state index contributed by atoms with van der Waals surface area (Å²) in [6.45, 7) is 0. The standard InChI is InChI=1S/C24H16ClN7/c25-12-15-3-5-17(6-4-15)32-23(18-2-1-10-29-22(18)27)31-21-8-7-20(30-24(21)32)19-14-28-11-9-16(19)13-26/h1-11,14H,12H2,(H2,27,29). The molecule has 0 aliphatic carbocycles. The number of nitrogens with zero attached hydrogens (tertiary/aromatic N) is 6. The van der Waals surface area contributed by atoms with E-state index < -0.39 is 0 Å². The van der Waals surface area contributed by atoms with E-state index in [2.05, 4.69) is 16.0 Å². The van der Waals surface area contributed by atoms with Crippen LogP contribution in [0.3, 0.4) is 0 Å². The fourth-order valence-corrected chi connectivity index (χ4v) is 3.75. The van der Waals surface area contributed by atoms with Crippen LogP contribution in [0.1, 0.15) is 11.1 Å². The Morgan fingerprint density at radius 2 is 1.81 bits per heavy atom. The van der Waals surface area contributed by atoms with E-state index in [4.69, 9.17) is 27.3 Å². The summed E-state index contributed by atoms with van der Waals surface area (Å²) in [5.41, 5.74) is 11.9. The van der Waals surface area contributed by atoms with Crippen LogP contribution in [-0.4, -0.2) is 24.5 Å². The number of alkyl halides is 1. The summed E-state index contributed by atoms with van der Waals surface area (Å²) in [6.07, 6.45) is 4.87. The van der Waals surface area contributed by atoms with E-state index >= 15 is 0 Å². The summed E-state index contributed by atoms with van der Waals surface area (Å²) in [5.74, 6) is 1.43. The first-order chi connectivity index (χ1) is 15.7. The van der Waals surface area contributed by atoms with Crippen LogP contribution in [0, 0.1) is 11.3 Å². The van der Waals surface area contributed by atoms with E-state index in [-0.39, 0.29) is 0 Å². The molecule has 32 heavy (non-hydrogen) atoms. The summed E-state index contributed by atoms with van der Waals surface area (Å²) in [4.78, 5) is 18.1. The predicted octanol–water partition coefficient (Wildman–Crippen LogP) is 4.74. The highest BCUT2D eigenvalue weighted by Crippen LogP contribution is 2.32. The summed E-state index contributed by atoms with van der Waals surface area (Å²) in [7, 11) is 0. The minimum atomic E-state index is 0.376. The molecule has 5 rings (SSSR count). The second-order valence-electron chi connectivity index (χ2n) is 7.08. The molecule has 0 saturated heterocycles. The third kappa shape index (κ3) is 3.33. The Kier molecular flexibility index (Phi) is 4.98. The number of fused-ring (bicyclic) bond motifs is 1. The van der Waals surface area contributed by atoms with Crippen LogP contribution in [0.15, 0.2) is 73.2 Å². The molecule has 0 aliphatic heterocycles. The minimum absolute atomic E-state index is 0.376. The quantitative estimate of drug-likeness (QED) is 0.407. The van der Waals surface area contributed by atoms with Crippen molar-refractivity contribution in [3.8, 4) is 34.4 Å². The molecule has 8 heteroatoms. The minimum Gasteiger partial charge on any atom is -0.383 e. The molecule has 0 amide bonds. The Morgan fingerprint density at radius 3 is 2.56 bits per heavy atom. The number of benzene rings is 1. The number of aromatic nitrogens is 5. The average molecular weight is 438 g/mol. The number of hydrogen-bond donors (Lipinski definition) is 1. The molecule has 1 aromatic carbocycles. The largest absolute Gasteiger partial charge is 0.383 e. The Morgan fingerprint density at radius 1 is 0.969 bits per heavy atom. The zero-order chi connectivity index (χ0) is 22.1. The van der Waals surface area contributed by atoms with E-state index in [1.807, 2.05) is 53.1 Å². The van der Waals surface area contributed by atoms with Gasteiger partial charge in [-0.05, 0) is 48.0 Å². The van der Waals surface area contributed by atoms with Crippen molar-refractivity contribution in [2.45, 2.75) is 5.88 Å². The maximum Gasteiger partial charge on any atom is 0.165 e. The van der Waals surface area contributed by atoms with Crippen molar-refractivity contribution in [1.29, 1.82) is 5.26 Å². The van der Waals surface area contributed by atoms with Gasteiger partial charge >= 0.3 is 0 Å². The number of nitrogen functional groups attached to an aromatic ring is 1. The molecule has 0 spiro atoms. The summed E-state index contributed by atoms with van der Waals surface area (Å²) >= 11 is 5.98. The lowest BCUT2D eigenvalue weighted by atomic mass is 10.1. The summed E-state index contributed by atoms with van der Waals surface area (Å²) < 4.78 is 1.94. The van der Waals surface area contributed by atoms with Crippen LogP contribution in [0.2, 0.25) is 0 Å². The summed E-state index contributed by atoms with van der Waals surface area (Å²) in [6, 6.07) is 19.1. The molecule has 4 aromatic heterocycles. The second-order valence-corrected chi connectivity index (χ2v) is 7.35. The van der Waals surface area contributed by atoms with Crippen LogP contribution in [0.4, 0.5) is 5.82 Å². The van der Waals surface area contributed by atoms with Crippen LogP contribution in [-0.2, 0) is 5.88 Å². The van der Waals surface area contributed by atoms with Crippen molar-refractivity contribution in [1.82, 2.24) is 24.5 Å². The molecule has 7 nitrogen and oxygen atoms in total. The van der Waals surface area contributed by atoms with Gasteiger partial charge in [0.05, 0.1) is 22.9 Å². The molecule has 5 aromatic rings. The van der Waals surface area contributed by atoms with Gasteiger partial charge in [-0.1, -0.05) is 12.1 Å². The number of halogens is 1. The Bertz CT molecular complexity index is 1480. The highest BCUT2D eigenvalue weighted by molar-refractivity contribution is 6.17. The van der Waals surface area contributed by atoms with Crippen molar-refractivity contribution in [2.75, 3.05) is 5.73 Å². The topological polar surface area (TPSA) is 106 Å². The van der Waals surface area contributed by atoms with E-state index in [1.165, 1.54) is 0 Å². The molecule has 0 radical (unpaired) electrons. The number of rotatable bonds is 4. The first-order valence-corrected chi connectivity index (χ1v) is 10.3. The highest BCUT2D eigenvalue weighted by atomic mass is 35.5. The monoisotopic (exact) mass is 437 g/mol. The van der Waals surface area contributed by atoms with Crippen molar-refractivity contribution >= 4 is 28.6 Å². The number of pyridine rings is 3. The lowest BCUT2D eigenvalue weighted by Gasteiger charge is -2.11. The molecule has 0 bridgehead atoms. The fraction of sp³-hybridized carbons (Fsp3) is 0.0417. The highest BCUT2D eigenvalue weighted by Gasteiger charge is 2.19. The van der Waals surface area contributed by atoms with Gasteiger partial charge in [0.1, 0.15) is 11.3 Å². The van der Waals surface area contributed by atoms with Crippen LogP contribution in [0.5, 0.6) is 0 Å². The molecule has 2 N–H and O–H groups in total. The van der Waals surface area contributed by atoms with Gasteiger partial charge in [0.15, 0.2) is 11.5 Å². The lowest BCUT2D eigenvalue weighted by molar-refractivity contribution is 1.07. The molecule has 0 aliphatic rings. The molecular formula is C24H16ClN7. The second kappa shape index (κ2) is 8.10. The van der Waals surface area contributed by atoms with Crippen LogP contribution >= 0.6 is 11.6 Å². The molecule has 0 atom stereocenters. The zero-order valence-electron chi connectivity index (χ0n) is 16.8. The maximum atomic E-state index is 9.50. The van der Waals surface area contributed by atoms with Gasteiger partial charge in [-0.2, -0.15) is 5.26 Å². The van der Waals surface area contributed by atoms with E-state index in [1.54, 1.807) is 24.7 Å². The lowest BCUT2D eigenvalue weighted by Crippen LogP contribution is -2.02. The van der Waals surface area contributed by atoms with Gasteiger partial charge in [0.25, 0.3) is 0 Å². The van der Waals surface area contributed by atoms with E-state index in [0.29, 0.717) is 51.1 Å². The maximum absolute atomic E-state index is 9.50. The summed E-state index contributed by atoms with van der Waals surface area (Å²) in [5, 5.41) is 9.50. The van der Waals surface area contributed by atoms with Gasteiger partial charge in [-0.3, -0.25) is 9.55 Å². The number of hydrogen-bond acceptors (Lipinski definition) is 6. The molecule has 0 unspecified atom stereocenters. The fourth-order valence-electron chi connectivity index (χ4n) is 3.57. The number of nitriles is 1. The number of imidazole rings is 1. The SMILES string of the molecule is N#Cc1ccncc1-c1ccc2nc(-c3cccnc3N)n(-c3ccc(CCl)cc3)c2n1. The number of anilines is 1. The van der Waals surface area contributed by atoms with Crippen LogP contribution in [0.25, 0.3) is 39.5 Å². The van der Waals surface area contributed by atoms with Gasteiger partial charge in [-0.25, -0.2) is 15.0 Å².